The van der Waals surface area contributed by atoms with E-state index in [1.165, 1.54) is 4.31 Å². The minimum absolute atomic E-state index is 0.151. The molecular formula is C13H18F2N2O2S. The van der Waals surface area contributed by atoms with Gasteiger partial charge in [0.25, 0.3) is 0 Å². The zero-order valence-corrected chi connectivity index (χ0v) is 11.9. The van der Waals surface area contributed by atoms with Crippen LogP contribution in [-0.4, -0.2) is 32.4 Å². The molecule has 20 heavy (non-hydrogen) atoms. The summed E-state index contributed by atoms with van der Waals surface area (Å²) in [5.74, 6) is -1.95. The van der Waals surface area contributed by atoms with Crippen LogP contribution in [0.1, 0.15) is 19.3 Å². The van der Waals surface area contributed by atoms with Gasteiger partial charge in [-0.15, -0.1) is 0 Å². The van der Waals surface area contributed by atoms with E-state index in [4.69, 9.17) is 5.73 Å². The molecule has 7 heteroatoms. The highest BCUT2D eigenvalue weighted by atomic mass is 32.2. The first-order valence-corrected chi connectivity index (χ1v) is 8.05. The number of benzene rings is 1. The second-order valence-corrected chi connectivity index (χ2v) is 6.87. The summed E-state index contributed by atoms with van der Waals surface area (Å²) in [6, 6.07) is 3.06. The fourth-order valence-corrected chi connectivity index (χ4v) is 4.24. The van der Waals surface area contributed by atoms with Gasteiger partial charge < -0.3 is 5.73 Å². The second-order valence-electron chi connectivity index (χ2n) is 5.00. The molecule has 0 radical (unpaired) electrons. The van der Waals surface area contributed by atoms with Crippen molar-refractivity contribution in [1.82, 2.24) is 4.31 Å². The van der Waals surface area contributed by atoms with Gasteiger partial charge in [-0.2, -0.15) is 4.31 Å². The van der Waals surface area contributed by atoms with E-state index in [1.54, 1.807) is 0 Å². The normalized spacial score (nSPS) is 21.1. The van der Waals surface area contributed by atoms with Crippen molar-refractivity contribution in [3.63, 3.8) is 0 Å². The third-order valence-corrected chi connectivity index (χ3v) is 5.49. The van der Waals surface area contributed by atoms with E-state index in [-0.39, 0.29) is 19.0 Å². The number of halogens is 2. The molecule has 1 fully saturated rings. The van der Waals surface area contributed by atoms with Crippen molar-refractivity contribution in [2.75, 3.05) is 19.6 Å². The van der Waals surface area contributed by atoms with E-state index in [2.05, 4.69) is 0 Å². The van der Waals surface area contributed by atoms with Crippen molar-refractivity contribution in [1.29, 1.82) is 0 Å². The van der Waals surface area contributed by atoms with Crippen molar-refractivity contribution in [2.45, 2.75) is 24.2 Å². The summed E-state index contributed by atoms with van der Waals surface area (Å²) < 4.78 is 53.3. The predicted octanol–water partition coefficient (Wildman–Crippen LogP) is 1.71. The largest absolute Gasteiger partial charge is 0.330 e. The van der Waals surface area contributed by atoms with Gasteiger partial charge in [-0.05, 0) is 43.9 Å². The smallest absolute Gasteiger partial charge is 0.248 e. The van der Waals surface area contributed by atoms with Crippen LogP contribution in [0.4, 0.5) is 8.78 Å². The van der Waals surface area contributed by atoms with Crippen LogP contribution in [0.25, 0.3) is 0 Å². The number of sulfonamides is 1. The van der Waals surface area contributed by atoms with Gasteiger partial charge in [0.05, 0.1) is 0 Å². The molecule has 0 bridgehead atoms. The van der Waals surface area contributed by atoms with Crippen molar-refractivity contribution < 1.29 is 17.2 Å². The summed E-state index contributed by atoms with van der Waals surface area (Å²) in [5.41, 5.74) is 5.49. The van der Waals surface area contributed by atoms with Crippen molar-refractivity contribution in [3.05, 3.63) is 29.8 Å². The average molecular weight is 304 g/mol. The fourth-order valence-electron chi connectivity index (χ4n) is 2.57. The lowest BCUT2D eigenvalue weighted by atomic mass is 9.96. The maximum absolute atomic E-state index is 13.7. The molecule has 4 nitrogen and oxygen atoms in total. The van der Waals surface area contributed by atoms with Gasteiger partial charge in [0.1, 0.15) is 11.6 Å². The standard InChI is InChI=1S/C13H18F2N2O2S/c14-11-4-1-5-12(15)13(11)20(18,19)17-8-2-3-10(9-17)6-7-16/h1,4-5,10H,2-3,6-9,16H2. The van der Waals surface area contributed by atoms with E-state index in [0.29, 0.717) is 19.4 Å². The van der Waals surface area contributed by atoms with Crippen LogP contribution in [0, 0.1) is 17.6 Å². The highest BCUT2D eigenvalue weighted by Gasteiger charge is 2.33. The van der Waals surface area contributed by atoms with Gasteiger partial charge in [-0.25, -0.2) is 17.2 Å². The van der Waals surface area contributed by atoms with Crippen LogP contribution in [-0.2, 0) is 10.0 Å². The first kappa shape index (κ1) is 15.3. The molecule has 0 spiro atoms. The molecule has 1 unspecified atom stereocenters. The Labute approximate surface area is 117 Å². The lowest BCUT2D eigenvalue weighted by Gasteiger charge is -2.31. The van der Waals surface area contributed by atoms with Crippen LogP contribution in [0.5, 0.6) is 0 Å². The lowest BCUT2D eigenvalue weighted by Crippen LogP contribution is -2.41. The molecule has 1 atom stereocenters. The summed E-state index contributed by atoms with van der Waals surface area (Å²) in [5, 5.41) is 0. The fraction of sp³-hybridized carbons (Fsp3) is 0.538. The molecule has 1 aliphatic rings. The number of nitrogens with zero attached hydrogens (tertiary/aromatic N) is 1. The van der Waals surface area contributed by atoms with Gasteiger partial charge in [-0.3, -0.25) is 0 Å². The van der Waals surface area contributed by atoms with Gasteiger partial charge in [-0.1, -0.05) is 6.07 Å². The topological polar surface area (TPSA) is 63.4 Å². The highest BCUT2D eigenvalue weighted by molar-refractivity contribution is 7.89. The molecular weight excluding hydrogens is 286 g/mol. The van der Waals surface area contributed by atoms with Gasteiger partial charge in [0.15, 0.2) is 4.90 Å². The predicted molar refractivity (Wildman–Crippen MR) is 71.5 cm³/mol. The average Bonchev–Trinajstić information content (AvgIpc) is 2.39. The van der Waals surface area contributed by atoms with E-state index < -0.39 is 26.6 Å². The second kappa shape index (κ2) is 6.15. The maximum atomic E-state index is 13.7. The van der Waals surface area contributed by atoms with Crippen molar-refractivity contribution in [2.24, 2.45) is 11.7 Å². The maximum Gasteiger partial charge on any atom is 0.248 e. The van der Waals surface area contributed by atoms with Crippen LogP contribution in [0.3, 0.4) is 0 Å². The molecule has 1 aromatic carbocycles. The first-order valence-electron chi connectivity index (χ1n) is 6.61. The minimum Gasteiger partial charge on any atom is -0.330 e. The molecule has 0 aromatic heterocycles. The number of hydrogen-bond acceptors (Lipinski definition) is 3. The molecule has 2 N–H and O–H groups in total. The van der Waals surface area contributed by atoms with Crippen LogP contribution in [0.15, 0.2) is 23.1 Å². The number of nitrogens with two attached hydrogens (primary N) is 1. The summed E-state index contributed by atoms with van der Waals surface area (Å²) in [6.45, 7) is 1.04. The van der Waals surface area contributed by atoms with E-state index in [0.717, 1.165) is 24.6 Å². The van der Waals surface area contributed by atoms with E-state index in [9.17, 15) is 17.2 Å². The summed E-state index contributed by atoms with van der Waals surface area (Å²) in [6.07, 6.45) is 2.29. The van der Waals surface area contributed by atoms with Gasteiger partial charge in [0.2, 0.25) is 10.0 Å². The Balaban J connectivity index is 2.30. The molecule has 0 aliphatic carbocycles. The Morgan fingerprint density at radius 1 is 1.30 bits per heavy atom. The third kappa shape index (κ3) is 2.99. The molecule has 2 rings (SSSR count). The van der Waals surface area contributed by atoms with Crippen LogP contribution >= 0.6 is 0 Å². The summed E-state index contributed by atoms with van der Waals surface area (Å²) in [7, 11) is -4.13. The quantitative estimate of drug-likeness (QED) is 0.921. The Kier molecular flexibility index (Phi) is 4.72. The summed E-state index contributed by atoms with van der Waals surface area (Å²) >= 11 is 0. The van der Waals surface area contributed by atoms with E-state index >= 15 is 0 Å². The molecule has 0 saturated carbocycles. The molecule has 1 aliphatic heterocycles. The van der Waals surface area contributed by atoms with Crippen molar-refractivity contribution in [3.8, 4) is 0 Å². The first-order chi connectivity index (χ1) is 9.46. The van der Waals surface area contributed by atoms with Crippen molar-refractivity contribution >= 4 is 10.0 Å². The number of piperidine rings is 1. The minimum atomic E-state index is -4.13. The van der Waals surface area contributed by atoms with E-state index in [1.807, 2.05) is 0 Å². The summed E-state index contributed by atoms with van der Waals surface area (Å²) in [4.78, 5) is -0.853. The molecule has 112 valence electrons. The van der Waals surface area contributed by atoms with Crippen LogP contribution < -0.4 is 5.73 Å². The SMILES string of the molecule is NCCC1CCCN(S(=O)(=O)c2c(F)cccc2F)C1. The third-order valence-electron chi connectivity index (χ3n) is 3.57. The molecule has 1 saturated heterocycles. The Hall–Kier alpha value is -1.05. The van der Waals surface area contributed by atoms with Gasteiger partial charge in [0, 0.05) is 13.1 Å². The molecule has 0 amide bonds. The lowest BCUT2D eigenvalue weighted by molar-refractivity contribution is 0.257. The zero-order chi connectivity index (χ0) is 14.8. The monoisotopic (exact) mass is 304 g/mol. The zero-order valence-electron chi connectivity index (χ0n) is 11.1. The highest BCUT2D eigenvalue weighted by Crippen LogP contribution is 2.27. The Morgan fingerprint density at radius 2 is 1.95 bits per heavy atom. The van der Waals surface area contributed by atoms with Crippen LogP contribution in [0.2, 0.25) is 0 Å². The Bertz CT molecular complexity index is 555. The van der Waals surface area contributed by atoms with Gasteiger partial charge >= 0.3 is 0 Å². The molecule has 1 heterocycles. The number of rotatable bonds is 4. The number of hydrogen-bond donors (Lipinski definition) is 1. The Morgan fingerprint density at radius 3 is 2.55 bits per heavy atom. The molecule has 1 aromatic rings.